The van der Waals surface area contributed by atoms with Crippen molar-refractivity contribution in [2.24, 2.45) is 5.92 Å². The van der Waals surface area contributed by atoms with Gasteiger partial charge in [-0.3, -0.25) is 4.79 Å². The molecule has 4 rings (SSSR count). The quantitative estimate of drug-likeness (QED) is 0.539. The molecule has 8 heteroatoms. The summed E-state index contributed by atoms with van der Waals surface area (Å²) in [5.41, 5.74) is 2.42. The van der Waals surface area contributed by atoms with E-state index in [9.17, 15) is 4.79 Å². The van der Waals surface area contributed by atoms with Gasteiger partial charge in [-0.15, -0.1) is 0 Å². The number of amides is 1. The summed E-state index contributed by atoms with van der Waals surface area (Å²) in [6.45, 7) is 3.03. The van der Waals surface area contributed by atoms with Crippen molar-refractivity contribution in [1.82, 2.24) is 5.32 Å². The number of carbonyl (C=O) groups excluding carboxylic acids is 1. The number of fused-ring (bicyclic) bond motifs is 1. The summed E-state index contributed by atoms with van der Waals surface area (Å²) in [7, 11) is 4.84. The first-order valence-corrected chi connectivity index (χ1v) is 11.4. The molecule has 3 atom stereocenters. The van der Waals surface area contributed by atoms with Crippen molar-refractivity contribution in [3.63, 3.8) is 0 Å². The fraction of sp³-hybridized carbons (Fsp3) is 0.423. The number of rotatable bonds is 9. The second kappa shape index (κ2) is 10.8. The Hall–Kier alpha value is -3.23. The Morgan fingerprint density at radius 1 is 1.09 bits per heavy atom. The van der Waals surface area contributed by atoms with Crippen LogP contribution in [0.5, 0.6) is 23.0 Å². The van der Waals surface area contributed by atoms with E-state index in [4.69, 9.17) is 23.7 Å². The Morgan fingerprint density at radius 2 is 1.88 bits per heavy atom. The SMILES string of the molecule is COc1ccc(/C=C\c2cc(OC)c3c(c2)OCO3)cc1NC(=O)C(C)C(OC)C1CCCN1. The lowest BCUT2D eigenvalue weighted by atomic mass is 9.95. The fourth-order valence-electron chi connectivity index (χ4n) is 4.47. The molecule has 2 heterocycles. The minimum absolute atomic E-state index is 0.111. The number of hydrogen-bond donors (Lipinski definition) is 2. The third-order valence-electron chi connectivity index (χ3n) is 6.30. The Balaban J connectivity index is 1.51. The molecule has 0 aromatic heterocycles. The van der Waals surface area contributed by atoms with E-state index >= 15 is 0 Å². The first-order valence-electron chi connectivity index (χ1n) is 11.4. The van der Waals surface area contributed by atoms with Crippen molar-refractivity contribution in [1.29, 1.82) is 0 Å². The van der Waals surface area contributed by atoms with Crippen LogP contribution in [-0.2, 0) is 9.53 Å². The van der Waals surface area contributed by atoms with Gasteiger partial charge in [0.25, 0.3) is 0 Å². The predicted octanol–water partition coefficient (Wildman–Crippen LogP) is 3.94. The van der Waals surface area contributed by atoms with Gasteiger partial charge in [-0.25, -0.2) is 0 Å². The predicted molar refractivity (Wildman–Crippen MR) is 131 cm³/mol. The molecule has 2 aliphatic rings. The lowest BCUT2D eigenvalue weighted by Crippen LogP contribution is -2.44. The Labute approximate surface area is 200 Å². The summed E-state index contributed by atoms with van der Waals surface area (Å²) in [4.78, 5) is 13.1. The first-order chi connectivity index (χ1) is 16.5. The molecule has 0 aliphatic carbocycles. The number of hydrogen-bond acceptors (Lipinski definition) is 7. The molecule has 2 aliphatic heterocycles. The van der Waals surface area contributed by atoms with Crippen LogP contribution in [0.25, 0.3) is 12.2 Å². The lowest BCUT2D eigenvalue weighted by Gasteiger charge is -2.27. The van der Waals surface area contributed by atoms with Crippen LogP contribution in [0.3, 0.4) is 0 Å². The smallest absolute Gasteiger partial charge is 0.231 e. The maximum absolute atomic E-state index is 13.1. The standard InChI is InChI=1S/C26H32N2O6/c1-16(24(32-4)19-6-5-11-27-19)26(29)28-20-12-17(9-10-21(20)30-2)7-8-18-13-22(31-3)25-23(14-18)33-15-34-25/h7-10,12-14,16,19,24,27H,5-6,11,15H2,1-4H3,(H,28,29)/b8-7-. The molecule has 1 fully saturated rings. The van der Waals surface area contributed by atoms with Gasteiger partial charge in [0.15, 0.2) is 11.5 Å². The summed E-state index contributed by atoms with van der Waals surface area (Å²) < 4.78 is 27.5. The van der Waals surface area contributed by atoms with Gasteiger partial charge in [0.05, 0.1) is 31.9 Å². The van der Waals surface area contributed by atoms with E-state index in [0.29, 0.717) is 28.7 Å². The first kappa shape index (κ1) is 23.9. The highest BCUT2D eigenvalue weighted by Gasteiger charge is 2.33. The van der Waals surface area contributed by atoms with E-state index in [2.05, 4.69) is 10.6 Å². The fourth-order valence-corrected chi connectivity index (χ4v) is 4.47. The second-order valence-corrected chi connectivity index (χ2v) is 8.43. The van der Waals surface area contributed by atoms with Crippen molar-refractivity contribution < 1.29 is 28.5 Å². The van der Waals surface area contributed by atoms with Crippen LogP contribution in [0.1, 0.15) is 30.9 Å². The van der Waals surface area contributed by atoms with Crippen LogP contribution < -0.4 is 29.6 Å². The molecule has 182 valence electrons. The average molecular weight is 469 g/mol. The van der Waals surface area contributed by atoms with Crippen molar-refractivity contribution in [2.45, 2.75) is 31.9 Å². The van der Waals surface area contributed by atoms with Crippen LogP contribution >= 0.6 is 0 Å². The van der Waals surface area contributed by atoms with Crippen molar-refractivity contribution in [3.8, 4) is 23.0 Å². The van der Waals surface area contributed by atoms with Gasteiger partial charge < -0.3 is 34.3 Å². The Kier molecular flexibility index (Phi) is 7.59. The molecular formula is C26H32N2O6. The van der Waals surface area contributed by atoms with E-state index < -0.39 is 0 Å². The molecule has 0 spiro atoms. The minimum atomic E-state index is -0.328. The summed E-state index contributed by atoms with van der Waals surface area (Å²) in [6.07, 6.45) is 5.81. The van der Waals surface area contributed by atoms with Gasteiger partial charge in [0.2, 0.25) is 18.4 Å². The molecule has 34 heavy (non-hydrogen) atoms. The Bertz CT molecular complexity index is 1050. The second-order valence-electron chi connectivity index (χ2n) is 8.43. The zero-order valence-corrected chi connectivity index (χ0v) is 20.1. The van der Waals surface area contributed by atoms with Gasteiger partial charge in [-0.1, -0.05) is 25.1 Å². The van der Waals surface area contributed by atoms with Gasteiger partial charge in [0.1, 0.15) is 5.75 Å². The van der Waals surface area contributed by atoms with Crippen LogP contribution in [0.2, 0.25) is 0 Å². The van der Waals surface area contributed by atoms with E-state index in [1.165, 1.54) is 0 Å². The zero-order chi connectivity index (χ0) is 24.1. The van der Waals surface area contributed by atoms with Crippen molar-refractivity contribution in [3.05, 3.63) is 41.5 Å². The molecule has 0 bridgehead atoms. The van der Waals surface area contributed by atoms with Crippen molar-refractivity contribution in [2.75, 3.05) is 40.0 Å². The van der Waals surface area contributed by atoms with E-state index in [0.717, 1.165) is 30.5 Å². The van der Waals surface area contributed by atoms with Gasteiger partial charge >= 0.3 is 0 Å². The topological polar surface area (TPSA) is 87.3 Å². The molecular weight excluding hydrogens is 436 g/mol. The maximum Gasteiger partial charge on any atom is 0.231 e. The van der Waals surface area contributed by atoms with Gasteiger partial charge in [-0.05, 0) is 54.8 Å². The summed E-state index contributed by atoms with van der Waals surface area (Å²) in [5.74, 6) is 2.04. The van der Waals surface area contributed by atoms with Crippen LogP contribution in [0.15, 0.2) is 30.3 Å². The largest absolute Gasteiger partial charge is 0.495 e. The van der Waals surface area contributed by atoms with Crippen LogP contribution in [0, 0.1) is 5.92 Å². The third kappa shape index (κ3) is 5.13. The van der Waals surface area contributed by atoms with E-state index in [1.54, 1.807) is 21.3 Å². The zero-order valence-electron chi connectivity index (χ0n) is 20.1. The monoisotopic (exact) mass is 468 g/mol. The van der Waals surface area contributed by atoms with E-state index in [1.807, 2.05) is 49.4 Å². The third-order valence-corrected chi connectivity index (χ3v) is 6.30. The molecule has 1 amide bonds. The number of nitrogens with one attached hydrogen (secondary N) is 2. The normalized spacial score (nSPS) is 18.6. The average Bonchev–Trinajstić information content (AvgIpc) is 3.55. The maximum atomic E-state index is 13.1. The highest BCUT2D eigenvalue weighted by molar-refractivity contribution is 5.94. The highest BCUT2D eigenvalue weighted by atomic mass is 16.7. The van der Waals surface area contributed by atoms with E-state index in [-0.39, 0.29) is 30.8 Å². The molecule has 2 N–H and O–H groups in total. The Morgan fingerprint density at radius 3 is 2.59 bits per heavy atom. The number of anilines is 1. The van der Waals surface area contributed by atoms with Crippen molar-refractivity contribution >= 4 is 23.7 Å². The van der Waals surface area contributed by atoms with Crippen LogP contribution in [-0.4, -0.2) is 52.7 Å². The molecule has 3 unspecified atom stereocenters. The molecule has 0 saturated carbocycles. The molecule has 2 aromatic rings. The summed E-state index contributed by atoms with van der Waals surface area (Å²) in [6, 6.07) is 9.63. The number of ether oxygens (including phenoxy) is 5. The number of methoxy groups -OCH3 is 3. The highest BCUT2D eigenvalue weighted by Crippen LogP contribution is 2.42. The summed E-state index contributed by atoms with van der Waals surface area (Å²) >= 11 is 0. The minimum Gasteiger partial charge on any atom is -0.495 e. The molecule has 0 radical (unpaired) electrons. The lowest BCUT2D eigenvalue weighted by molar-refractivity contribution is -0.124. The summed E-state index contributed by atoms with van der Waals surface area (Å²) in [5, 5.41) is 6.46. The molecule has 1 saturated heterocycles. The number of benzene rings is 2. The number of carbonyl (C=O) groups is 1. The molecule has 2 aromatic carbocycles. The van der Waals surface area contributed by atoms with Crippen LogP contribution in [0.4, 0.5) is 5.69 Å². The van der Waals surface area contributed by atoms with Gasteiger partial charge in [-0.2, -0.15) is 0 Å². The van der Waals surface area contributed by atoms with Gasteiger partial charge in [0, 0.05) is 13.2 Å². The molecule has 8 nitrogen and oxygen atoms in total.